The highest BCUT2D eigenvalue weighted by Crippen LogP contribution is 2.27. The van der Waals surface area contributed by atoms with Gasteiger partial charge in [-0.2, -0.15) is 5.10 Å². The van der Waals surface area contributed by atoms with Crippen LogP contribution in [-0.4, -0.2) is 16.3 Å². The van der Waals surface area contributed by atoms with Crippen molar-refractivity contribution in [3.8, 4) is 0 Å². The minimum absolute atomic E-state index is 0.187. The molecule has 0 bridgehead atoms. The zero-order valence-electron chi connectivity index (χ0n) is 11.3. The van der Waals surface area contributed by atoms with Crippen LogP contribution in [0, 0.1) is 17.5 Å². The first-order valence-electron chi connectivity index (χ1n) is 6.39. The largest absolute Gasteiger partial charge is 0.306 e. The molecule has 1 aromatic heterocycles. The highest BCUT2D eigenvalue weighted by Gasteiger charge is 2.23. The monoisotopic (exact) mass is 283 g/mol. The molecule has 0 saturated heterocycles. The fourth-order valence-corrected chi connectivity index (χ4v) is 2.09. The molecule has 3 nitrogen and oxygen atoms in total. The molecule has 1 atom stereocenters. The van der Waals surface area contributed by atoms with Crippen LogP contribution in [-0.2, 0) is 7.05 Å². The Morgan fingerprint density at radius 3 is 2.40 bits per heavy atom. The third-order valence-electron chi connectivity index (χ3n) is 2.99. The van der Waals surface area contributed by atoms with Crippen molar-refractivity contribution >= 4 is 0 Å². The average Bonchev–Trinajstić information content (AvgIpc) is 2.78. The van der Waals surface area contributed by atoms with Crippen molar-refractivity contribution in [1.82, 2.24) is 15.1 Å². The summed E-state index contributed by atoms with van der Waals surface area (Å²) in [7, 11) is 1.72. The number of nitrogens with one attached hydrogen (secondary N) is 1. The molecule has 0 radical (unpaired) electrons. The van der Waals surface area contributed by atoms with Crippen molar-refractivity contribution in [1.29, 1.82) is 0 Å². The van der Waals surface area contributed by atoms with Crippen molar-refractivity contribution in [2.24, 2.45) is 7.05 Å². The third kappa shape index (κ3) is 3.01. The SMILES string of the molecule is CCCNC(c1cnn(C)c1)c1c(F)cc(F)cc1F. The highest BCUT2D eigenvalue weighted by atomic mass is 19.1. The van der Waals surface area contributed by atoms with E-state index >= 15 is 0 Å². The summed E-state index contributed by atoms with van der Waals surface area (Å²) in [5.74, 6) is -2.73. The topological polar surface area (TPSA) is 29.9 Å². The van der Waals surface area contributed by atoms with Crippen LogP contribution in [0.15, 0.2) is 24.5 Å². The zero-order valence-corrected chi connectivity index (χ0v) is 11.3. The lowest BCUT2D eigenvalue weighted by molar-refractivity contribution is 0.486. The van der Waals surface area contributed by atoms with Crippen LogP contribution in [0.4, 0.5) is 13.2 Å². The minimum atomic E-state index is -0.927. The van der Waals surface area contributed by atoms with E-state index in [9.17, 15) is 13.2 Å². The van der Waals surface area contributed by atoms with Gasteiger partial charge in [0, 0.05) is 36.5 Å². The summed E-state index contributed by atoms with van der Waals surface area (Å²) in [6, 6.07) is 0.689. The van der Waals surface area contributed by atoms with Gasteiger partial charge >= 0.3 is 0 Å². The molecule has 1 unspecified atom stereocenters. The Morgan fingerprint density at radius 2 is 1.90 bits per heavy atom. The first kappa shape index (κ1) is 14.6. The summed E-state index contributed by atoms with van der Waals surface area (Å²) in [4.78, 5) is 0. The zero-order chi connectivity index (χ0) is 14.7. The van der Waals surface area contributed by atoms with Gasteiger partial charge in [-0.25, -0.2) is 13.2 Å². The summed E-state index contributed by atoms with van der Waals surface area (Å²) in [6.07, 6.45) is 4.02. The maximum Gasteiger partial charge on any atom is 0.134 e. The Kier molecular flexibility index (Phi) is 4.44. The van der Waals surface area contributed by atoms with Gasteiger partial charge in [-0.15, -0.1) is 0 Å². The first-order valence-corrected chi connectivity index (χ1v) is 6.39. The summed E-state index contributed by atoms with van der Waals surface area (Å²) >= 11 is 0. The average molecular weight is 283 g/mol. The van der Waals surface area contributed by atoms with Gasteiger partial charge in [0.05, 0.1) is 12.2 Å². The van der Waals surface area contributed by atoms with Crippen LogP contribution in [0.1, 0.15) is 30.5 Å². The van der Waals surface area contributed by atoms with E-state index in [-0.39, 0.29) is 5.56 Å². The number of rotatable bonds is 5. The number of aryl methyl sites for hydroxylation is 1. The van der Waals surface area contributed by atoms with E-state index in [1.807, 2.05) is 6.92 Å². The van der Waals surface area contributed by atoms with Crippen molar-refractivity contribution in [3.63, 3.8) is 0 Å². The van der Waals surface area contributed by atoms with E-state index in [0.29, 0.717) is 24.2 Å². The predicted octanol–water partition coefficient (Wildman–Crippen LogP) is 2.93. The molecule has 0 aliphatic rings. The van der Waals surface area contributed by atoms with Crippen LogP contribution >= 0.6 is 0 Å². The molecule has 2 rings (SSSR count). The van der Waals surface area contributed by atoms with Crippen molar-refractivity contribution in [2.75, 3.05) is 6.54 Å². The minimum Gasteiger partial charge on any atom is -0.306 e. The second kappa shape index (κ2) is 6.09. The third-order valence-corrected chi connectivity index (χ3v) is 2.99. The molecule has 1 N–H and O–H groups in total. The quantitative estimate of drug-likeness (QED) is 0.914. The predicted molar refractivity (Wildman–Crippen MR) is 69.7 cm³/mol. The van der Waals surface area contributed by atoms with E-state index < -0.39 is 23.5 Å². The maximum atomic E-state index is 13.9. The Morgan fingerprint density at radius 1 is 1.25 bits per heavy atom. The Hall–Kier alpha value is -1.82. The molecule has 1 aromatic carbocycles. The van der Waals surface area contributed by atoms with Gasteiger partial charge in [-0.1, -0.05) is 6.92 Å². The lowest BCUT2D eigenvalue weighted by Crippen LogP contribution is -2.25. The van der Waals surface area contributed by atoms with Gasteiger partial charge in [0.25, 0.3) is 0 Å². The summed E-state index contributed by atoms with van der Waals surface area (Å²) in [5, 5.41) is 7.07. The molecular weight excluding hydrogens is 267 g/mol. The maximum absolute atomic E-state index is 13.9. The van der Waals surface area contributed by atoms with E-state index in [1.54, 1.807) is 17.9 Å². The van der Waals surface area contributed by atoms with Gasteiger partial charge in [0.1, 0.15) is 17.5 Å². The number of nitrogens with zero attached hydrogens (tertiary/aromatic N) is 2. The molecular formula is C14H16F3N3. The Labute approximate surface area is 115 Å². The molecule has 0 spiro atoms. The molecule has 0 aliphatic carbocycles. The molecule has 0 aliphatic heterocycles. The van der Waals surface area contributed by atoms with E-state index in [0.717, 1.165) is 6.42 Å². The van der Waals surface area contributed by atoms with Gasteiger partial charge < -0.3 is 5.32 Å². The van der Waals surface area contributed by atoms with Crippen molar-refractivity contribution < 1.29 is 13.2 Å². The number of halogens is 3. The van der Waals surface area contributed by atoms with E-state index in [1.165, 1.54) is 6.20 Å². The molecule has 108 valence electrons. The highest BCUT2D eigenvalue weighted by molar-refractivity contribution is 5.32. The fraction of sp³-hybridized carbons (Fsp3) is 0.357. The number of aromatic nitrogens is 2. The van der Waals surface area contributed by atoms with Crippen LogP contribution in [0.2, 0.25) is 0 Å². The Bertz CT molecular complexity index is 572. The summed E-state index contributed by atoms with van der Waals surface area (Å²) < 4.78 is 42.4. The Balaban J connectivity index is 2.46. The fourth-order valence-electron chi connectivity index (χ4n) is 2.09. The summed E-state index contributed by atoms with van der Waals surface area (Å²) in [6.45, 7) is 2.53. The van der Waals surface area contributed by atoms with Gasteiger partial charge in [-0.3, -0.25) is 4.68 Å². The van der Waals surface area contributed by atoms with E-state index in [2.05, 4.69) is 10.4 Å². The van der Waals surface area contributed by atoms with E-state index in [4.69, 9.17) is 0 Å². The molecule has 6 heteroatoms. The molecule has 2 aromatic rings. The smallest absolute Gasteiger partial charge is 0.134 e. The lowest BCUT2D eigenvalue weighted by atomic mass is 10.00. The van der Waals surface area contributed by atoms with Crippen molar-refractivity contribution in [3.05, 3.63) is 53.1 Å². The lowest BCUT2D eigenvalue weighted by Gasteiger charge is -2.19. The van der Waals surface area contributed by atoms with Crippen LogP contribution < -0.4 is 5.32 Å². The first-order chi connectivity index (χ1) is 9.52. The van der Waals surface area contributed by atoms with Crippen LogP contribution in [0.3, 0.4) is 0 Å². The van der Waals surface area contributed by atoms with Gasteiger partial charge in [0.2, 0.25) is 0 Å². The second-order valence-corrected chi connectivity index (χ2v) is 4.62. The molecule has 0 saturated carbocycles. The molecule has 1 heterocycles. The number of hydrogen-bond acceptors (Lipinski definition) is 2. The van der Waals surface area contributed by atoms with Crippen LogP contribution in [0.5, 0.6) is 0 Å². The summed E-state index contributed by atoms with van der Waals surface area (Å²) in [5.41, 5.74) is 0.443. The number of benzene rings is 1. The van der Waals surface area contributed by atoms with Gasteiger partial charge in [-0.05, 0) is 13.0 Å². The van der Waals surface area contributed by atoms with Crippen molar-refractivity contribution in [2.45, 2.75) is 19.4 Å². The van der Waals surface area contributed by atoms with Gasteiger partial charge in [0.15, 0.2) is 0 Å². The standard InChI is InChI=1S/C14H16F3N3/c1-3-4-18-14(9-7-19-20(2)8-9)13-11(16)5-10(15)6-12(13)17/h5-8,14,18H,3-4H2,1-2H3. The normalized spacial score (nSPS) is 12.7. The van der Waals surface area contributed by atoms with Crippen LogP contribution in [0.25, 0.3) is 0 Å². The molecule has 0 fully saturated rings. The second-order valence-electron chi connectivity index (χ2n) is 4.62. The molecule has 0 amide bonds. The number of hydrogen-bond donors (Lipinski definition) is 1. The molecule has 20 heavy (non-hydrogen) atoms.